The molecule has 1 aliphatic carbocycles. The number of hydrogen-bond donors (Lipinski definition) is 0. The topological polar surface area (TPSA) is 123 Å². The lowest BCUT2D eigenvalue weighted by atomic mass is 9.96. The maximum Gasteiger partial charge on any atom is 0.245 e. The van der Waals surface area contributed by atoms with Crippen molar-refractivity contribution in [2.45, 2.75) is 52.2 Å². The van der Waals surface area contributed by atoms with Gasteiger partial charge in [0, 0.05) is 42.5 Å². The highest BCUT2D eigenvalue weighted by Crippen LogP contribution is 2.59. The van der Waals surface area contributed by atoms with Crippen molar-refractivity contribution in [2.75, 3.05) is 0 Å². The molecule has 10 nitrogen and oxygen atoms in total. The molecule has 3 atom stereocenters. The zero-order valence-electron chi connectivity index (χ0n) is 22.2. The van der Waals surface area contributed by atoms with Crippen molar-refractivity contribution in [2.24, 2.45) is 10.4 Å². The van der Waals surface area contributed by atoms with Gasteiger partial charge in [0.2, 0.25) is 11.7 Å². The highest BCUT2D eigenvalue weighted by molar-refractivity contribution is 6.46. The van der Waals surface area contributed by atoms with Gasteiger partial charge in [0.25, 0.3) is 0 Å². The molecule has 1 aliphatic heterocycles. The third kappa shape index (κ3) is 4.73. The number of pyridine rings is 1. The summed E-state index contributed by atoms with van der Waals surface area (Å²) >= 11 is 0. The smallest absolute Gasteiger partial charge is 0.245 e. The molecule has 2 aliphatic rings. The summed E-state index contributed by atoms with van der Waals surface area (Å²) in [5.74, 6) is -0.0793. The Morgan fingerprint density at radius 2 is 1.90 bits per heavy atom. The Hall–Kier alpha value is -4.60. The monoisotopic (exact) mass is 523 g/mol. The van der Waals surface area contributed by atoms with Gasteiger partial charge in [0.15, 0.2) is 5.78 Å². The molecule has 1 saturated carbocycles. The molecule has 3 aromatic rings. The molecule has 4 heterocycles. The first-order valence-corrected chi connectivity index (χ1v) is 12.7. The van der Waals surface area contributed by atoms with Crippen LogP contribution in [0, 0.1) is 12.3 Å². The van der Waals surface area contributed by atoms with Gasteiger partial charge in [0.1, 0.15) is 23.8 Å². The minimum absolute atomic E-state index is 0.0346. The molecule has 3 unspecified atom stereocenters. The van der Waals surface area contributed by atoms with Crippen LogP contribution in [0.5, 0.6) is 0 Å². The normalized spacial score (nSPS) is 22.2. The molecule has 10 heteroatoms. The number of allylic oxidation sites excluding steroid dienone is 3. The van der Waals surface area contributed by atoms with Crippen molar-refractivity contribution in [1.29, 1.82) is 0 Å². The minimum atomic E-state index is -0.644. The number of likely N-dealkylation sites (tertiary alicyclic amines) is 1. The number of carbonyl (C=O) groups excluding carboxylic acids is 3. The predicted molar refractivity (Wildman–Crippen MR) is 147 cm³/mol. The summed E-state index contributed by atoms with van der Waals surface area (Å²) in [5, 5.41) is 5.07. The van der Waals surface area contributed by atoms with E-state index in [2.05, 4.69) is 45.1 Å². The van der Waals surface area contributed by atoms with Crippen LogP contribution in [0.25, 0.3) is 22.2 Å². The number of aromatic nitrogens is 5. The van der Waals surface area contributed by atoms with E-state index in [1.165, 1.54) is 17.8 Å². The fraction of sp³-hybridized carbons (Fsp3) is 0.310. The Bertz CT molecular complexity index is 1580. The molecule has 2 fully saturated rings. The van der Waals surface area contributed by atoms with E-state index in [0.717, 1.165) is 6.42 Å². The Balaban J connectivity index is 1.47. The van der Waals surface area contributed by atoms with E-state index in [1.807, 2.05) is 0 Å². The number of Topliss-reactive ketones (excluding diaryl/α,β-unsaturated/α-hetero) is 2. The maximum atomic E-state index is 13.7. The van der Waals surface area contributed by atoms with Crippen LogP contribution >= 0.6 is 0 Å². The van der Waals surface area contributed by atoms with E-state index >= 15 is 0 Å². The van der Waals surface area contributed by atoms with E-state index in [0.29, 0.717) is 34.4 Å². The van der Waals surface area contributed by atoms with Crippen LogP contribution in [-0.2, 0) is 16.1 Å². The number of nitrogens with zero attached hydrogens (tertiary/aromatic N) is 7. The quantitative estimate of drug-likeness (QED) is 0.238. The average Bonchev–Trinajstić information content (AvgIpc) is 3.28. The molecule has 5 rings (SSSR count). The highest BCUT2D eigenvalue weighted by atomic mass is 16.2. The molecule has 39 heavy (non-hydrogen) atoms. The van der Waals surface area contributed by atoms with E-state index in [-0.39, 0.29) is 46.9 Å². The van der Waals surface area contributed by atoms with Crippen LogP contribution < -0.4 is 0 Å². The van der Waals surface area contributed by atoms with Crippen molar-refractivity contribution >= 4 is 34.1 Å². The zero-order valence-corrected chi connectivity index (χ0v) is 22.2. The molecular formula is C29H29N7O3. The summed E-state index contributed by atoms with van der Waals surface area (Å²) in [6, 6.07) is 1.08. The van der Waals surface area contributed by atoms with Crippen LogP contribution in [0.1, 0.15) is 43.0 Å². The molecule has 0 spiro atoms. The second-order valence-electron chi connectivity index (χ2n) is 10.2. The van der Waals surface area contributed by atoms with Crippen molar-refractivity contribution < 1.29 is 14.4 Å². The number of rotatable bonds is 9. The zero-order chi connectivity index (χ0) is 27.9. The first-order chi connectivity index (χ1) is 18.7. The van der Waals surface area contributed by atoms with Gasteiger partial charge in [-0.1, -0.05) is 32.2 Å². The minimum Gasteiger partial charge on any atom is -0.327 e. The SMILES string of the molecule is C=C/C=C\C(=N/C=C)C(=O)C1CC2(C)CC2N1C(=O)Cn1nc(C(C)=O)c2cc(-c3cnc(C)nc3)ncc21. The number of ketones is 2. The lowest BCUT2D eigenvalue weighted by Crippen LogP contribution is -2.46. The molecule has 198 valence electrons. The van der Waals surface area contributed by atoms with E-state index in [1.54, 1.807) is 54.7 Å². The van der Waals surface area contributed by atoms with Gasteiger partial charge in [-0.05, 0) is 37.3 Å². The summed E-state index contributed by atoms with van der Waals surface area (Å²) in [5.41, 5.74) is 2.20. The number of amides is 1. The predicted octanol–water partition coefficient (Wildman–Crippen LogP) is 3.67. The van der Waals surface area contributed by atoms with Crippen LogP contribution in [0.4, 0.5) is 0 Å². The van der Waals surface area contributed by atoms with Gasteiger partial charge >= 0.3 is 0 Å². The number of hydrogen-bond acceptors (Lipinski definition) is 8. The van der Waals surface area contributed by atoms with Gasteiger partial charge < -0.3 is 4.90 Å². The number of carbonyl (C=O) groups is 3. The Morgan fingerprint density at radius 1 is 1.15 bits per heavy atom. The molecule has 0 N–H and O–H groups in total. The Labute approximate surface area is 225 Å². The van der Waals surface area contributed by atoms with Gasteiger partial charge in [-0.25, -0.2) is 9.97 Å². The fourth-order valence-corrected chi connectivity index (χ4v) is 5.32. The Kier molecular flexibility index (Phi) is 6.63. The van der Waals surface area contributed by atoms with Crippen molar-refractivity contribution in [3.63, 3.8) is 0 Å². The van der Waals surface area contributed by atoms with Crippen molar-refractivity contribution in [3.8, 4) is 11.3 Å². The van der Waals surface area contributed by atoms with Crippen LogP contribution in [0.15, 0.2) is 67.2 Å². The van der Waals surface area contributed by atoms with Gasteiger partial charge in [-0.3, -0.25) is 29.0 Å². The molecular weight excluding hydrogens is 494 g/mol. The standard InChI is InChI=1S/C29H29N7O3/c1-6-8-9-21(30-7-2)28(39)23-11-29(5)12-25(29)36(23)26(38)16-35-24-15-33-22(19-13-31-18(4)32-14-19)10-20(24)27(34-35)17(3)37/h6-10,13-15,23,25H,1-2,11-12,16H2,3-5H3/b9-8-,30-21+. The summed E-state index contributed by atoms with van der Waals surface area (Å²) in [6.45, 7) is 12.4. The largest absolute Gasteiger partial charge is 0.327 e. The molecule has 0 radical (unpaired) electrons. The third-order valence-electron chi connectivity index (χ3n) is 7.43. The molecule has 0 aromatic carbocycles. The van der Waals surface area contributed by atoms with Gasteiger partial charge in [-0.15, -0.1) is 0 Å². The first kappa shape index (κ1) is 26.0. The summed E-state index contributed by atoms with van der Waals surface area (Å²) in [4.78, 5) is 58.5. The van der Waals surface area contributed by atoms with Gasteiger partial charge in [0.05, 0.1) is 23.4 Å². The van der Waals surface area contributed by atoms with Gasteiger partial charge in [-0.2, -0.15) is 5.10 Å². The molecule has 3 aromatic heterocycles. The van der Waals surface area contributed by atoms with E-state index < -0.39 is 6.04 Å². The lowest BCUT2D eigenvalue weighted by molar-refractivity contribution is -0.137. The molecule has 1 saturated heterocycles. The summed E-state index contributed by atoms with van der Waals surface area (Å²) in [6.07, 6.45) is 12.4. The average molecular weight is 524 g/mol. The van der Waals surface area contributed by atoms with Crippen molar-refractivity contribution in [3.05, 3.63) is 73.8 Å². The van der Waals surface area contributed by atoms with Crippen molar-refractivity contribution in [1.82, 2.24) is 29.6 Å². The number of fused-ring (bicyclic) bond motifs is 2. The number of aliphatic imine (C=N–C) groups is 1. The highest BCUT2D eigenvalue weighted by Gasteiger charge is 2.64. The molecule has 0 bridgehead atoms. The van der Waals surface area contributed by atoms with E-state index in [4.69, 9.17) is 0 Å². The number of piperidine rings is 1. The third-order valence-corrected chi connectivity index (χ3v) is 7.43. The first-order valence-electron chi connectivity index (χ1n) is 12.7. The summed E-state index contributed by atoms with van der Waals surface area (Å²) in [7, 11) is 0. The maximum absolute atomic E-state index is 13.7. The summed E-state index contributed by atoms with van der Waals surface area (Å²) < 4.78 is 1.49. The van der Waals surface area contributed by atoms with Crippen LogP contribution in [-0.4, -0.2) is 64.9 Å². The van der Waals surface area contributed by atoms with Crippen LogP contribution in [0.2, 0.25) is 0 Å². The molecule has 1 amide bonds. The number of aryl methyl sites for hydroxylation is 1. The second kappa shape index (κ2) is 9.94. The second-order valence-corrected chi connectivity index (χ2v) is 10.2. The van der Waals surface area contributed by atoms with E-state index in [9.17, 15) is 14.4 Å². The van der Waals surface area contributed by atoms with Crippen LogP contribution in [0.3, 0.4) is 0 Å². The lowest BCUT2D eigenvalue weighted by Gasteiger charge is -2.26. The Morgan fingerprint density at radius 3 is 2.56 bits per heavy atom. The fourth-order valence-electron chi connectivity index (χ4n) is 5.32.